The van der Waals surface area contributed by atoms with Crippen molar-refractivity contribution in [3.63, 3.8) is 0 Å². The van der Waals surface area contributed by atoms with E-state index in [2.05, 4.69) is 0 Å². The molecule has 0 unspecified atom stereocenters. The van der Waals surface area contributed by atoms with Crippen LogP contribution in [0.25, 0.3) is 0 Å². The van der Waals surface area contributed by atoms with Crippen LogP contribution in [0, 0.1) is 0 Å². The fourth-order valence-electron chi connectivity index (χ4n) is 1.32. The van der Waals surface area contributed by atoms with Crippen molar-refractivity contribution in [3.05, 3.63) is 34.9 Å². The second-order valence-corrected chi connectivity index (χ2v) is 8.98. The molecule has 0 saturated heterocycles. The lowest BCUT2D eigenvalue weighted by atomic mass is 10.1. The van der Waals surface area contributed by atoms with Gasteiger partial charge in [-0.1, -0.05) is 23.7 Å². The molecule has 0 amide bonds. The number of carbonyl (C=O) groups is 1. The first kappa shape index (κ1) is 16.1. The van der Waals surface area contributed by atoms with E-state index >= 15 is 0 Å². The van der Waals surface area contributed by atoms with Gasteiger partial charge in [-0.25, -0.2) is 16.8 Å². The fraction of sp³-hybridized carbons (Fsp3) is 0.364. The number of rotatable bonds is 6. The molecular formula is C11H13ClO5S2. The molecule has 0 spiro atoms. The van der Waals surface area contributed by atoms with Crippen LogP contribution in [0.1, 0.15) is 10.4 Å². The quantitative estimate of drug-likeness (QED) is 0.728. The Morgan fingerprint density at radius 1 is 1.11 bits per heavy atom. The summed E-state index contributed by atoms with van der Waals surface area (Å²) in [6.07, 6.45) is 0.943. The molecule has 1 rings (SSSR count). The molecule has 0 heterocycles. The van der Waals surface area contributed by atoms with Crippen molar-refractivity contribution in [3.8, 4) is 0 Å². The molecule has 0 saturated carbocycles. The third-order valence-corrected chi connectivity index (χ3v) is 5.35. The van der Waals surface area contributed by atoms with Crippen LogP contribution in [0.15, 0.2) is 24.3 Å². The molecule has 8 heteroatoms. The molecule has 0 aliphatic rings. The zero-order valence-electron chi connectivity index (χ0n) is 10.2. The summed E-state index contributed by atoms with van der Waals surface area (Å²) in [4.78, 5) is 11.8. The lowest BCUT2D eigenvalue weighted by molar-refractivity contribution is 0.102. The first-order chi connectivity index (χ1) is 8.61. The van der Waals surface area contributed by atoms with E-state index in [1.165, 1.54) is 12.1 Å². The van der Waals surface area contributed by atoms with Gasteiger partial charge in [0.2, 0.25) is 0 Å². The minimum Gasteiger partial charge on any atom is -0.293 e. The standard InChI is InChI=1S/C11H13ClO5S2/c1-18(14,15)6-7-19(16,17)8-11(13)9-4-2-3-5-10(9)12/h2-5H,6-8H2,1H3. The first-order valence-electron chi connectivity index (χ1n) is 5.26. The Hall–Kier alpha value is -0.920. The third-order valence-electron chi connectivity index (χ3n) is 2.29. The summed E-state index contributed by atoms with van der Waals surface area (Å²) >= 11 is 5.79. The van der Waals surface area contributed by atoms with Crippen molar-refractivity contribution < 1.29 is 21.6 Å². The largest absolute Gasteiger partial charge is 0.293 e. The van der Waals surface area contributed by atoms with Crippen molar-refractivity contribution in [1.82, 2.24) is 0 Å². The summed E-state index contributed by atoms with van der Waals surface area (Å²) in [5.74, 6) is -2.45. The van der Waals surface area contributed by atoms with Crippen molar-refractivity contribution >= 4 is 37.1 Å². The minimum atomic E-state index is -3.77. The molecule has 0 aliphatic heterocycles. The third kappa shape index (κ3) is 5.71. The Balaban J connectivity index is 2.80. The van der Waals surface area contributed by atoms with E-state index in [0.29, 0.717) is 0 Å². The van der Waals surface area contributed by atoms with Crippen LogP contribution >= 0.6 is 11.6 Å². The Morgan fingerprint density at radius 3 is 2.21 bits per heavy atom. The first-order valence-corrected chi connectivity index (χ1v) is 9.52. The van der Waals surface area contributed by atoms with E-state index in [4.69, 9.17) is 11.6 Å². The molecule has 0 atom stereocenters. The van der Waals surface area contributed by atoms with E-state index in [-0.39, 0.29) is 10.6 Å². The molecular weight excluding hydrogens is 312 g/mol. The Labute approximate surface area is 117 Å². The smallest absolute Gasteiger partial charge is 0.179 e. The number of sulfone groups is 2. The van der Waals surface area contributed by atoms with Gasteiger partial charge >= 0.3 is 0 Å². The highest BCUT2D eigenvalue weighted by atomic mass is 35.5. The van der Waals surface area contributed by atoms with Gasteiger partial charge in [-0.2, -0.15) is 0 Å². The van der Waals surface area contributed by atoms with Crippen molar-refractivity contribution in [2.24, 2.45) is 0 Å². The summed E-state index contributed by atoms with van der Waals surface area (Å²) in [6.45, 7) is 0. The van der Waals surface area contributed by atoms with E-state index in [1.54, 1.807) is 12.1 Å². The zero-order chi connectivity index (χ0) is 14.7. The average molecular weight is 325 g/mol. The van der Waals surface area contributed by atoms with Crippen LogP contribution in [0.2, 0.25) is 5.02 Å². The number of hydrogen-bond acceptors (Lipinski definition) is 5. The van der Waals surface area contributed by atoms with Gasteiger partial charge < -0.3 is 0 Å². The average Bonchev–Trinajstić information content (AvgIpc) is 2.25. The highest BCUT2D eigenvalue weighted by molar-refractivity contribution is 7.95. The lowest BCUT2D eigenvalue weighted by Gasteiger charge is -2.04. The van der Waals surface area contributed by atoms with Gasteiger partial charge in [0.05, 0.1) is 16.5 Å². The molecule has 0 aliphatic carbocycles. The van der Waals surface area contributed by atoms with Crippen molar-refractivity contribution in [2.45, 2.75) is 0 Å². The van der Waals surface area contributed by atoms with Crippen molar-refractivity contribution in [1.29, 1.82) is 0 Å². The van der Waals surface area contributed by atoms with Crippen LogP contribution < -0.4 is 0 Å². The predicted octanol–water partition coefficient (Wildman–Crippen LogP) is 0.982. The van der Waals surface area contributed by atoms with Gasteiger partial charge in [0.15, 0.2) is 15.6 Å². The highest BCUT2D eigenvalue weighted by Crippen LogP contribution is 2.16. The number of benzene rings is 1. The second kappa shape index (κ2) is 6.02. The molecule has 0 aromatic heterocycles. The monoisotopic (exact) mass is 324 g/mol. The molecule has 0 N–H and O–H groups in total. The summed E-state index contributed by atoms with van der Waals surface area (Å²) in [7, 11) is -7.15. The maximum atomic E-state index is 11.8. The van der Waals surface area contributed by atoms with Gasteiger partial charge in [0.1, 0.15) is 15.6 Å². The number of ketones is 1. The Morgan fingerprint density at radius 2 is 1.68 bits per heavy atom. The van der Waals surface area contributed by atoms with E-state index in [1.807, 2.05) is 0 Å². The van der Waals surface area contributed by atoms with Crippen LogP contribution in [-0.2, 0) is 19.7 Å². The summed E-state index contributed by atoms with van der Waals surface area (Å²) in [5, 5.41) is 0.172. The maximum absolute atomic E-state index is 11.8. The molecule has 0 bridgehead atoms. The molecule has 106 valence electrons. The van der Waals surface area contributed by atoms with E-state index in [0.717, 1.165) is 6.26 Å². The maximum Gasteiger partial charge on any atom is 0.179 e. The van der Waals surface area contributed by atoms with Gasteiger partial charge in [-0.05, 0) is 12.1 Å². The van der Waals surface area contributed by atoms with Crippen LogP contribution in [0.5, 0.6) is 0 Å². The number of Topliss-reactive ketones (excluding diaryl/α,β-unsaturated/α-hetero) is 1. The minimum absolute atomic E-state index is 0.118. The molecule has 0 fully saturated rings. The number of hydrogen-bond donors (Lipinski definition) is 0. The molecule has 1 aromatic carbocycles. The molecule has 1 aromatic rings. The van der Waals surface area contributed by atoms with E-state index < -0.39 is 42.7 Å². The molecule has 0 radical (unpaired) electrons. The summed E-state index contributed by atoms with van der Waals surface area (Å²) < 4.78 is 45.1. The Bertz CT molecular complexity index is 677. The van der Waals surface area contributed by atoms with Gasteiger partial charge in [-0.15, -0.1) is 0 Å². The predicted molar refractivity (Wildman–Crippen MR) is 74.1 cm³/mol. The fourth-order valence-corrected chi connectivity index (χ4v) is 4.48. The second-order valence-electron chi connectivity index (χ2n) is 4.12. The van der Waals surface area contributed by atoms with E-state index in [9.17, 15) is 21.6 Å². The van der Waals surface area contributed by atoms with Gasteiger partial charge in [0, 0.05) is 11.8 Å². The van der Waals surface area contributed by atoms with Crippen LogP contribution in [0.3, 0.4) is 0 Å². The van der Waals surface area contributed by atoms with Gasteiger partial charge in [-0.3, -0.25) is 4.79 Å². The Kier molecular flexibility index (Phi) is 5.11. The highest BCUT2D eigenvalue weighted by Gasteiger charge is 2.21. The number of carbonyl (C=O) groups excluding carboxylic acids is 1. The van der Waals surface area contributed by atoms with Gasteiger partial charge in [0.25, 0.3) is 0 Å². The normalized spacial score (nSPS) is 12.3. The lowest BCUT2D eigenvalue weighted by Crippen LogP contribution is -2.23. The zero-order valence-corrected chi connectivity index (χ0v) is 12.6. The SMILES string of the molecule is CS(=O)(=O)CCS(=O)(=O)CC(=O)c1ccccc1Cl. The molecule has 5 nitrogen and oxygen atoms in total. The van der Waals surface area contributed by atoms with Crippen LogP contribution in [-0.4, -0.2) is 46.1 Å². The topological polar surface area (TPSA) is 85.3 Å². The summed E-state index contributed by atoms with van der Waals surface area (Å²) in [6, 6.07) is 6.11. The molecule has 19 heavy (non-hydrogen) atoms. The summed E-state index contributed by atoms with van der Waals surface area (Å²) in [5.41, 5.74) is 0.118. The van der Waals surface area contributed by atoms with Crippen LogP contribution in [0.4, 0.5) is 0 Å². The number of halogens is 1. The van der Waals surface area contributed by atoms with Crippen molar-refractivity contribution in [2.75, 3.05) is 23.5 Å².